The lowest BCUT2D eigenvalue weighted by molar-refractivity contribution is -0.121. The van der Waals surface area contributed by atoms with Crippen molar-refractivity contribution < 1.29 is 14.1 Å². The quantitative estimate of drug-likeness (QED) is 0.655. The van der Waals surface area contributed by atoms with Gasteiger partial charge in [0.05, 0.1) is 13.0 Å². The van der Waals surface area contributed by atoms with Crippen LogP contribution < -0.4 is 10.1 Å². The van der Waals surface area contributed by atoms with Crippen LogP contribution in [-0.4, -0.2) is 29.2 Å². The van der Waals surface area contributed by atoms with E-state index in [1.165, 1.54) is 0 Å². The lowest BCUT2D eigenvalue weighted by Crippen LogP contribution is -2.27. The second kappa shape index (κ2) is 9.01. The minimum Gasteiger partial charge on any atom is -0.493 e. The number of amides is 1. The lowest BCUT2D eigenvalue weighted by Gasteiger charge is -2.06. The highest BCUT2D eigenvalue weighted by molar-refractivity contribution is 6.30. The van der Waals surface area contributed by atoms with Crippen LogP contribution in [0.1, 0.15) is 12.3 Å². The number of para-hydroxylation sites is 1. The largest absolute Gasteiger partial charge is 0.493 e. The maximum absolute atomic E-state index is 11.8. The smallest absolute Gasteiger partial charge is 0.228 e. The number of ether oxygens (including phenoxy) is 1. The molecule has 0 unspecified atom stereocenters. The van der Waals surface area contributed by atoms with Crippen molar-refractivity contribution >= 4 is 17.5 Å². The molecule has 0 spiro atoms. The molecule has 0 fully saturated rings. The fraction of sp³-hybridized carbons (Fsp3) is 0.211. The predicted molar refractivity (Wildman–Crippen MR) is 98.0 cm³/mol. The molecule has 6 nitrogen and oxygen atoms in total. The Balaban J connectivity index is 1.38. The summed E-state index contributed by atoms with van der Waals surface area (Å²) < 4.78 is 10.7. The maximum atomic E-state index is 11.8. The number of carbonyl (C=O) groups excluding carboxylic acids is 1. The van der Waals surface area contributed by atoms with Gasteiger partial charge in [-0.05, 0) is 36.4 Å². The molecule has 1 heterocycles. The molecule has 2 aromatic carbocycles. The van der Waals surface area contributed by atoms with E-state index in [-0.39, 0.29) is 12.3 Å². The Morgan fingerprint density at radius 1 is 1.12 bits per heavy atom. The molecule has 0 bridgehead atoms. The van der Waals surface area contributed by atoms with Crippen LogP contribution in [-0.2, 0) is 11.2 Å². The normalized spacial score (nSPS) is 10.5. The SMILES string of the molecule is O=C(CCOc1ccccc1)NCCc1nc(-c2ccc(Cl)cc2)no1. The number of nitrogens with zero attached hydrogens (tertiary/aromatic N) is 2. The van der Waals surface area contributed by atoms with Crippen molar-refractivity contribution in [2.24, 2.45) is 0 Å². The number of hydrogen-bond donors (Lipinski definition) is 1. The number of nitrogens with one attached hydrogen (secondary N) is 1. The Morgan fingerprint density at radius 2 is 1.88 bits per heavy atom. The first-order valence-electron chi connectivity index (χ1n) is 8.24. The molecule has 0 aliphatic rings. The van der Waals surface area contributed by atoms with Crippen molar-refractivity contribution in [1.29, 1.82) is 0 Å². The predicted octanol–water partition coefficient (Wildman–Crippen LogP) is 3.52. The zero-order valence-corrected chi connectivity index (χ0v) is 14.8. The highest BCUT2D eigenvalue weighted by atomic mass is 35.5. The van der Waals surface area contributed by atoms with Gasteiger partial charge in [-0.15, -0.1) is 0 Å². The van der Waals surface area contributed by atoms with Crippen LogP contribution >= 0.6 is 11.6 Å². The molecule has 0 saturated heterocycles. The van der Waals surface area contributed by atoms with Crippen molar-refractivity contribution in [2.75, 3.05) is 13.2 Å². The van der Waals surface area contributed by atoms with E-state index >= 15 is 0 Å². The van der Waals surface area contributed by atoms with Crippen molar-refractivity contribution in [2.45, 2.75) is 12.8 Å². The van der Waals surface area contributed by atoms with Crippen LogP contribution in [0.3, 0.4) is 0 Å². The summed E-state index contributed by atoms with van der Waals surface area (Å²) in [5.74, 6) is 1.63. The van der Waals surface area contributed by atoms with Gasteiger partial charge >= 0.3 is 0 Å². The van der Waals surface area contributed by atoms with Gasteiger partial charge in [-0.1, -0.05) is 35.0 Å². The van der Waals surface area contributed by atoms with Gasteiger partial charge in [0.2, 0.25) is 17.6 Å². The third-order valence-corrected chi connectivity index (χ3v) is 3.82. The molecular formula is C19H18ClN3O3. The van der Waals surface area contributed by atoms with Crippen LogP contribution in [0.15, 0.2) is 59.1 Å². The molecule has 0 aliphatic carbocycles. The summed E-state index contributed by atoms with van der Waals surface area (Å²) in [6.45, 7) is 0.754. The van der Waals surface area contributed by atoms with E-state index < -0.39 is 0 Å². The summed E-state index contributed by atoms with van der Waals surface area (Å²) in [6.07, 6.45) is 0.751. The number of aromatic nitrogens is 2. The standard InChI is InChI=1S/C19H18ClN3O3/c20-15-8-6-14(7-9-15)19-22-18(26-23-19)10-12-21-17(24)11-13-25-16-4-2-1-3-5-16/h1-9H,10-13H2,(H,21,24). The second-order valence-electron chi connectivity index (χ2n) is 5.53. The average molecular weight is 372 g/mol. The number of halogens is 1. The Labute approximate surface area is 156 Å². The number of hydrogen-bond acceptors (Lipinski definition) is 5. The molecule has 7 heteroatoms. The van der Waals surface area contributed by atoms with Crippen LogP contribution in [0.5, 0.6) is 5.75 Å². The fourth-order valence-corrected chi connectivity index (χ4v) is 2.37. The first-order valence-corrected chi connectivity index (χ1v) is 8.61. The van der Waals surface area contributed by atoms with Crippen molar-refractivity contribution in [3.8, 4) is 17.1 Å². The monoisotopic (exact) mass is 371 g/mol. The van der Waals surface area contributed by atoms with E-state index in [1.807, 2.05) is 42.5 Å². The number of benzene rings is 2. The highest BCUT2D eigenvalue weighted by Gasteiger charge is 2.09. The van der Waals surface area contributed by atoms with Gasteiger partial charge in [-0.3, -0.25) is 4.79 Å². The van der Waals surface area contributed by atoms with Gasteiger partial charge in [0.15, 0.2) is 0 Å². The summed E-state index contributed by atoms with van der Waals surface area (Å²) in [5, 5.41) is 7.39. The summed E-state index contributed by atoms with van der Waals surface area (Å²) in [5.41, 5.74) is 0.825. The maximum Gasteiger partial charge on any atom is 0.228 e. The van der Waals surface area contributed by atoms with Crippen molar-refractivity contribution in [3.05, 3.63) is 65.5 Å². The van der Waals surface area contributed by atoms with E-state index in [2.05, 4.69) is 15.5 Å². The second-order valence-corrected chi connectivity index (χ2v) is 5.97. The molecular weight excluding hydrogens is 354 g/mol. The molecule has 1 aromatic heterocycles. The molecule has 3 aromatic rings. The highest BCUT2D eigenvalue weighted by Crippen LogP contribution is 2.18. The molecule has 0 saturated carbocycles. The lowest BCUT2D eigenvalue weighted by atomic mass is 10.2. The van der Waals surface area contributed by atoms with Gasteiger partial charge in [-0.2, -0.15) is 4.98 Å². The first kappa shape index (κ1) is 17.9. The molecule has 0 aliphatic heterocycles. The third kappa shape index (κ3) is 5.32. The molecule has 0 atom stereocenters. The van der Waals surface area contributed by atoms with Crippen molar-refractivity contribution in [1.82, 2.24) is 15.5 Å². The zero-order valence-electron chi connectivity index (χ0n) is 14.0. The van der Waals surface area contributed by atoms with Gasteiger partial charge < -0.3 is 14.6 Å². The van der Waals surface area contributed by atoms with Gasteiger partial charge in [0.25, 0.3) is 0 Å². The summed E-state index contributed by atoms with van der Waals surface area (Å²) in [6, 6.07) is 16.6. The Bertz CT molecular complexity index is 835. The van der Waals surface area contributed by atoms with Gasteiger partial charge in [-0.25, -0.2) is 0 Å². The number of carbonyl (C=O) groups is 1. The number of rotatable bonds is 8. The van der Waals surface area contributed by atoms with Crippen LogP contribution in [0, 0.1) is 0 Å². The molecule has 1 amide bonds. The average Bonchev–Trinajstić information content (AvgIpc) is 3.12. The molecule has 26 heavy (non-hydrogen) atoms. The van der Waals surface area contributed by atoms with Crippen LogP contribution in [0.4, 0.5) is 0 Å². The Hall–Kier alpha value is -2.86. The summed E-state index contributed by atoms with van der Waals surface area (Å²) in [4.78, 5) is 16.1. The summed E-state index contributed by atoms with van der Waals surface area (Å²) in [7, 11) is 0. The van der Waals surface area contributed by atoms with E-state index in [1.54, 1.807) is 12.1 Å². The van der Waals surface area contributed by atoms with Gasteiger partial charge in [0, 0.05) is 23.6 Å². The molecule has 3 rings (SSSR count). The molecule has 1 N–H and O–H groups in total. The Morgan fingerprint density at radius 3 is 2.65 bits per heavy atom. The van der Waals surface area contributed by atoms with E-state index in [0.717, 1.165) is 11.3 Å². The topological polar surface area (TPSA) is 77.2 Å². The van der Waals surface area contributed by atoms with E-state index in [9.17, 15) is 4.79 Å². The van der Waals surface area contributed by atoms with Crippen molar-refractivity contribution in [3.63, 3.8) is 0 Å². The Kier molecular flexibility index (Phi) is 6.22. The fourth-order valence-electron chi connectivity index (χ4n) is 2.25. The van der Waals surface area contributed by atoms with Gasteiger partial charge in [0.1, 0.15) is 5.75 Å². The third-order valence-electron chi connectivity index (χ3n) is 3.57. The molecule has 134 valence electrons. The van der Waals surface area contributed by atoms with E-state index in [0.29, 0.717) is 36.3 Å². The van der Waals surface area contributed by atoms with Crippen LogP contribution in [0.25, 0.3) is 11.4 Å². The molecule has 0 radical (unpaired) electrons. The van der Waals surface area contributed by atoms with Crippen LogP contribution in [0.2, 0.25) is 5.02 Å². The first-order chi connectivity index (χ1) is 12.7. The zero-order chi connectivity index (χ0) is 18.2. The summed E-state index contributed by atoms with van der Waals surface area (Å²) >= 11 is 5.86. The van der Waals surface area contributed by atoms with E-state index in [4.69, 9.17) is 20.9 Å². The minimum absolute atomic E-state index is 0.0848. The minimum atomic E-state index is -0.0848.